The molecule has 3 N–H and O–H groups in total. The van der Waals surface area contributed by atoms with Crippen LogP contribution in [-0.4, -0.2) is 28.2 Å². The van der Waals surface area contributed by atoms with Crippen LogP contribution in [0.1, 0.15) is 30.0 Å². The highest BCUT2D eigenvalue weighted by molar-refractivity contribution is 9.10. The van der Waals surface area contributed by atoms with Crippen molar-refractivity contribution in [3.05, 3.63) is 40.0 Å². The van der Waals surface area contributed by atoms with Crippen LogP contribution in [0.4, 0.5) is 17.5 Å². The average Bonchev–Trinajstić information content (AvgIpc) is 3.33. The Balaban J connectivity index is 1.84. The highest BCUT2D eigenvalue weighted by Gasteiger charge is 2.26. The van der Waals surface area contributed by atoms with Crippen molar-refractivity contribution in [1.82, 2.24) is 9.97 Å². The summed E-state index contributed by atoms with van der Waals surface area (Å²) in [4.78, 5) is 9.00. The monoisotopic (exact) mass is 362 g/mol. The fourth-order valence-corrected chi connectivity index (χ4v) is 2.48. The van der Waals surface area contributed by atoms with E-state index in [9.17, 15) is 0 Å². The summed E-state index contributed by atoms with van der Waals surface area (Å²) >= 11 is 3.51. The van der Waals surface area contributed by atoms with Gasteiger partial charge in [-0.1, -0.05) is 15.9 Å². The Labute approximate surface area is 138 Å². The molecule has 22 heavy (non-hydrogen) atoms. The fraction of sp³-hybridized carbons (Fsp3) is 0.375. The molecule has 5 nitrogen and oxygen atoms in total. The predicted molar refractivity (Wildman–Crippen MR) is 91.7 cm³/mol. The minimum atomic E-state index is 0.0612. The van der Waals surface area contributed by atoms with E-state index in [1.807, 2.05) is 18.2 Å². The molecule has 3 rings (SSSR count). The smallest absolute Gasteiger partial charge is 0.224 e. The van der Waals surface area contributed by atoms with Gasteiger partial charge in [-0.05, 0) is 43.5 Å². The second kappa shape index (κ2) is 6.62. The number of hydrogen-bond donors (Lipinski definition) is 3. The van der Waals surface area contributed by atoms with Crippen molar-refractivity contribution in [3.8, 4) is 0 Å². The van der Waals surface area contributed by atoms with E-state index in [0.717, 1.165) is 21.7 Å². The second-order valence-corrected chi connectivity index (χ2v) is 6.37. The van der Waals surface area contributed by atoms with Crippen LogP contribution >= 0.6 is 15.9 Å². The normalized spacial score (nSPS) is 14.0. The molecule has 1 aliphatic rings. The third-order valence-corrected chi connectivity index (χ3v) is 4.46. The molecule has 1 saturated carbocycles. The number of aliphatic hydroxyl groups is 1. The molecule has 1 aromatic carbocycles. The number of aryl methyl sites for hydroxylation is 1. The number of benzene rings is 1. The number of aliphatic hydroxyl groups excluding tert-OH is 1. The first-order valence-electron chi connectivity index (χ1n) is 7.42. The lowest BCUT2D eigenvalue weighted by molar-refractivity contribution is 0.311. The van der Waals surface area contributed by atoms with Crippen LogP contribution < -0.4 is 10.6 Å². The Morgan fingerprint density at radius 2 is 2.09 bits per heavy atom. The Morgan fingerprint density at radius 3 is 2.77 bits per heavy atom. The van der Waals surface area contributed by atoms with Crippen molar-refractivity contribution in [3.63, 3.8) is 0 Å². The molecule has 1 heterocycles. The van der Waals surface area contributed by atoms with Crippen molar-refractivity contribution in [2.45, 2.75) is 25.7 Å². The molecule has 1 aromatic heterocycles. The fourth-order valence-electron chi connectivity index (χ4n) is 2.24. The van der Waals surface area contributed by atoms with E-state index in [1.54, 1.807) is 0 Å². The molecule has 0 saturated heterocycles. The lowest BCUT2D eigenvalue weighted by Crippen LogP contribution is -2.10. The highest BCUT2D eigenvalue weighted by Crippen LogP contribution is 2.40. The maximum absolute atomic E-state index is 8.94. The third kappa shape index (κ3) is 3.75. The number of anilines is 3. The largest absolute Gasteiger partial charge is 0.395 e. The zero-order valence-corrected chi connectivity index (χ0v) is 14.0. The van der Waals surface area contributed by atoms with Crippen LogP contribution in [0.2, 0.25) is 0 Å². The van der Waals surface area contributed by atoms with Crippen LogP contribution in [-0.2, 0) is 0 Å². The van der Waals surface area contributed by atoms with Gasteiger partial charge in [0.25, 0.3) is 0 Å². The van der Waals surface area contributed by atoms with Crippen molar-refractivity contribution >= 4 is 33.4 Å². The quantitative estimate of drug-likeness (QED) is 0.732. The molecule has 0 radical (unpaired) electrons. The Kier molecular flexibility index (Phi) is 4.59. The second-order valence-electron chi connectivity index (χ2n) is 5.52. The van der Waals surface area contributed by atoms with Gasteiger partial charge in [-0.15, -0.1) is 0 Å². The zero-order valence-electron chi connectivity index (χ0n) is 12.4. The zero-order chi connectivity index (χ0) is 15.5. The highest BCUT2D eigenvalue weighted by atomic mass is 79.9. The molecule has 0 amide bonds. The summed E-state index contributed by atoms with van der Waals surface area (Å²) < 4.78 is 1.09. The van der Waals surface area contributed by atoms with Gasteiger partial charge in [-0.3, -0.25) is 0 Å². The molecule has 6 heteroatoms. The summed E-state index contributed by atoms with van der Waals surface area (Å²) in [6.07, 6.45) is 2.38. The van der Waals surface area contributed by atoms with Crippen molar-refractivity contribution < 1.29 is 5.11 Å². The Bertz CT molecular complexity index is 673. The lowest BCUT2D eigenvalue weighted by atomic mass is 10.2. The van der Waals surface area contributed by atoms with E-state index in [4.69, 9.17) is 5.11 Å². The van der Waals surface area contributed by atoms with Gasteiger partial charge in [0.2, 0.25) is 5.95 Å². The van der Waals surface area contributed by atoms with Gasteiger partial charge < -0.3 is 15.7 Å². The first-order valence-corrected chi connectivity index (χ1v) is 8.22. The Morgan fingerprint density at radius 1 is 1.27 bits per heavy atom. The number of hydrogen-bond acceptors (Lipinski definition) is 5. The summed E-state index contributed by atoms with van der Waals surface area (Å²) in [5.41, 5.74) is 3.22. The van der Waals surface area contributed by atoms with Crippen LogP contribution in [0.3, 0.4) is 0 Å². The minimum Gasteiger partial charge on any atom is -0.395 e. The molecule has 1 fully saturated rings. The first-order chi connectivity index (χ1) is 10.7. The van der Waals surface area contributed by atoms with Crippen LogP contribution in [0.5, 0.6) is 0 Å². The third-order valence-electron chi connectivity index (χ3n) is 3.57. The average molecular weight is 363 g/mol. The van der Waals surface area contributed by atoms with Gasteiger partial charge in [-0.25, -0.2) is 4.98 Å². The number of nitrogens with zero attached hydrogens (tertiary/aromatic N) is 2. The molecular weight excluding hydrogens is 344 g/mol. The maximum atomic E-state index is 8.94. The lowest BCUT2D eigenvalue weighted by Gasteiger charge is -2.11. The van der Waals surface area contributed by atoms with Crippen LogP contribution in [0.25, 0.3) is 0 Å². The molecule has 0 unspecified atom stereocenters. The minimum absolute atomic E-state index is 0.0612. The number of halogens is 1. The molecule has 0 aliphatic heterocycles. The van der Waals surface area contributed by atoms with Gasteiger partial charge in [0, 0.05) is 28.7 Å². The summed E-state index contributed by atoms with van der Waals surface area (Å²) in [6.45, 7) is 2.57. The van der Waals surface area contributed by atoms with E-state index < -0.39 is 0 Å². The number of nitrogens with one attached hydrogen (secondary N) is 2. The molecule has 1 aliphatic carbocycles. The summed E-state index contributed by atoms with van der Waals surface area (Å²) in [5.74, 6) is 1.89. The van der Waals surface area contributed by atoms with Crippen LogP contribution in [0.15, 0.2) is 28.7 Å². The molecule has 116 valence electrons. The van der Waals surface area contributed by atoms with E-state index in [2.05, 4.69) is 49.5 Å². The maximum Gasteiger partial charge on any atom is 0.224 e. The van der Waals surface area contributed by atoms with Gasteiger partial charge in [0.05, 0.1) is 12.3 Å². The summed E-state index contributed by atoms with van der Waals surface area (Å²) in [6, 6.07) is 8.12. The summed E-state index contributed by atoms with van der Waals surface area (Å²) in [5, 5.41) is 15.3. The molecule has 0 atom stereocenters. The topological polar surface area (TPSA) is 70.1 Å². The summed E-state index contributed by atoms with van der Waals surface area (Å²) in [7, 11) is 0. The number of aromatic nitrogens is 2. The van der Waals surface area contributed by atoms with Crippen LogP contribution in [0, 0.1) is 6.92 Å². The van der Waals surface area contributed by atoms with Gasteiger partial charge in [0.15, 0.2) is 0 Å². The standard InChI is InChI=1S/C16H19BrN4O/c1-10-8-12(4-5-13(10)17)19-15-9-14(11-2-3-11)20-16(21-15)18-6-7-22/h4-5,8-9,11,22H,2-3,6-7H2,1H3,(H2,18,19,20,21). The SMILES string of the molecule is Cc1cc(Nc2cc(C3CC3)nc(NCCO)n2)ccc1Br. The molecule has 0 bridgehead atoms. The molecule has 2 aromatic rings. The number of rotatable bonds is 6. The van der Waals surface area contributed by atoms with E-state index in [0.29, 0.717) is 18.4 Å². The molecule has 0 spiro atoms. The van der Waals surface area contributed by atoms with Crippen molar-refractivity contribution in [2.75, 3.05) is 23.8 Å². The van der Waals surface area contributed by atoms with E-state index in [-0.39, 0.29) is 6.61 Å². The van der Waals surface area contributed by atoms with Gasteiger partial charge >= 0.3 is 0 Å². The van der Waals surface area contributed by atoms with E-state index in [1.165, 1.54) is 18.4 Å². The van der Waals surface area contributed by atoms with E-state index >= 15 is 0 Å². The van der Waals surface area contributed by atoms with Crippen molar-refractivity contribution in [2.24, 2.45) is 0 Å². The van der Waals surface area contributed by atoms with Gasteiger partial charge in [0.1, 0.15) is 5.82 Å². The predicted octanol–water partition coefficient (Wildman–Crippen LogP) is 3.57. The molecular formula is C16H19BrN4O. The van der Waals surface area contributed by atoms with Crippen molar-refractivity contribution in [1.29, 1.82) is 0 Å². The first kappa shape index (κ1) is 15.2. The Hall–Kier alpha value is -1.66. The van der Waals surface area contributed by atoms with Gasteiger partial charge in [-0.2, -0.15) is 4.98 Å².